The van der Waals surface area contributed by atoms with Crippen LogP contribution in [-0.4, -0.2) is 6.82 Å². The lowest BCUT2D eigenvalue weighted by Crippen LogP contribution is -2.08. The maximum absolute atomic E-state index is 4.38. The molecular formula is C6H14S6. The second-order valence-electron chi connectivity index (χ2n) is 2.36. The summed E-state index contributed by atoms with van der Waals surface area (Å²) in [5.41, 5.74) is 0. The highest BCUT2D eigenvalue weighted by atomic mass is 33.1. The topological polar surface area (TPSA) is 0 Å². The first kappa shape index (κ1) is 14.1. The van der Waals surface area contributed by atoms with Crippen LogP contribution in [0.4, 0.5) is 0 Å². The molecular weight excluding hydrogens is 264 g/mol. The molecule has 0 aliphatic carbocycles. The number of hydrogen-bond donors (Lipinski definition) is 4. The zero-order chi connectivity index (χ0) is 9.83. The number of rotatable bonds is 5. The Kier molecular flexibility index (Phi) is 6.88. The summed E-state index contributed by atoms with van der Waals surface area (Å²) in [6.45, 7) is 4.11. The molecule has 0 aliphatic rings. The molecule has 0 aromatic carbocycles. The van der Waals surface area contributed by atoms with Gasteiger partial charge in [0.05, 0.1) is 0 Å². The number of hydrogen-bond acceptors (Lipinski definition) is 6. The second kappa shape index (κ2) is 5.85. The van der Waals surface area contributed by atoms with Crippen LogP contribution in [0.5, 0.6) is 0 Å². The van der Waals surface area contributed by atoms with Crippen molar-refractivity contribution in [3.05, 3.63) is 0 Å². The summed E-state index contributed by atoms with van der Waals surface area (Å²) in [4.78, 5) is 0. The van der Waals surface area contributed by atoms with Crippen LogP contribution in [0.3, 0.4) is 0 Å². The summed E-state index contributed by atoms with van der Waals surface area (Å²) >= 11 is 17.5. The summed E-state index contributed by atoms with van der Waals surface area (Å²) in [7, 11) is 3.21. The molecule has 6 heteroatoms. The Morgan fingerprint density at radius 1 is 0.833 bits per heavy atom. The van der Waals surface area contributed by atoms with E-state index in [1.54, 1.807) is 21.6 Å². The van der Waals surface area contributed by atoms with E-state index in [2.05, 4.69) is 64.4 Å². The van der Waals surface area contributed by atoms with Crippen LogP contribution in [0.1, 0.15) is 26.7 Å². The summed E-state index contributed by atoms with van der Waals surface area (Å²) < 4.78 is -0.562. The highest BCUT2D eigenvalue weighted by molar-refractivity contribution is 8.83. The third kappa shape index (κ3) is 6.54. The molecule has 0 aliphatic heterocycles. The maximum atomic E-state index is 4.38. The SMILES string of the molecule is CCC(S)(S)SSC(S)(S)CC. The van der Waals surface area contributed by atoms with E-state index >= 15 is 0 Å². The van der Waals surface area contributed by atoms with Crippen LogP contribution >= 0.6 is 72.1 Å². The Hall–Kier alpha value is 2.10. The fraction of sp³-hybridized carbons (Fsp3) is 1.00. The largest absolute Gasteiger partial charge is 0.150 e. The first-order chi connectivity index (χ1) is 5.33. The van der Waals surface area contributed by atoms with Gasteiger partial charge >= 0.3 is 0 Å². The zero-order valence-electron chi connectivity index (χ0n) is 7.02. The third-order valence-electron chi connectivity index (χ3n) is 1.23. The van der Waals surface area contributed by atoms with Crippen molar-refractivity contribution in [1.29, 1.82) is 0 Å². The molecule has 0 amide bonds. The predicted octanol–water partition coefficient (Wildman–Crippen LogP) is 4.21. The van der Waals surface area contributed by atoms with E-state index in [0.717, 1.165) is 12.8 Å². The van der Waals surface area contributed by atoms with Gasteiger partial charge in [-0.2, -0.15) is 50.5 Å². The lowest BCUT2D eigenvalue weighted by Gasteiger charge is -2.25. The minimum atomic E-state index is -0.281. The molecule has 0 unspecified atom stereocenters. The van der Waals surface area contributed by atoms with E-state index in [1.807, 2.05) is 0 Å². The lowest BCUT2D eigenvalue weighted by molar-refractivity contribution is 1.02. The fourth-order valence-electron chi connectivity index (χ4n) is 0.251. The summed E-state index contributed by atoms with van der Waals surface area (Å²) in [5.74, 6) is 0. The van der Waals surface area contributed by atoms with Gasteiger partial charge < -0.3 is 0 Å². The van der Waals surface area contributed by atoms with Crippen LogP contribution in [0, 0.1) is 0 Å². The predicted molar refractivity (Wildman–Crippen MR) is 77.2 cm³/mol. The molecule has 0 atom stereocenters. The van der Waals surface area contributed by atoms with E-state index in [9.17, 15) is 0 Å². The lowest BCUT2D eigenvalue weighted by atomic mass is 10.6. The first-order valence-corrected chi connectivity index (χ1v) is 7.53. The Morgan fingerprint density at radius 2 is 1.08 bits per heavy atom. The quantitative estimate of drug-likeness (QED) is 0.338. The van der Waals surface area contributed by atoms with Gasteiger partial charge in [0.2, 0.25) is 0 Å². The summed E-state index contributed by atoms with van der Waals surface area (Å²) in [6.07, 6.45) is 1.80. The molecule has 0 bridgehead atoms. The Bertz CT molecular complexity index is 116. The van der Waals surface area contributed by atoms with Gasteiger partial charge in [0.25, 0.3) is 0 Å². The second-order valence-corrected chi connectivity index (χ2v) is 10.1. The minimum absolute atomic E-state index is 0.281. The molecule has 0 spiro atoms. The van der Waals surface area contributed by atoms with Gasteiger partial charge in [0.15, 0.2) is 0 Å². The smallest absolute Gasteiger partial charge is 0.111 e. The molecule has 0 aromatic heterocycles. The van der Waals surface area contributed by atoms with Crippen LogP contribution in [0.25, 0.3) is 0 Å². The van der Waals surface area contributed by atoms with Gasteiger partial charge in [0, 0.05) is 0 Å². The van der Waals surface area contributed by atoms with E-state index in [1.165, 1.54) is 0 Å². The first-order valence-electron chi connectivity index (χ1n) is 3.59. The summed E-state index contributed by atoms with van der Waals surface area (Å²) in [6, 6.07) is 0. The van der Waals surface area contributed by atoms with Crippen molar-refractivity contribution in [2.24, 2.45) is 0 Å². The average Bonchev–Trinajstić information content (AvgIpc) is 2.02. The Balaban J connectivity index is 3.82. The van der Waals surface area contributed by atoms with E-state index in [-0.39, 0.29) is 6.82 Å². The highest BCUT2D eigenvalue weighted by Gasteiger charge is 2.26. The van der Waals surface area contributed by atoms with E-state index < -0.39 is 0 Å². The zero-order valence-corrected chi connectivity index (χ0v) is 12.2. The van der Waals surface area contributed by atoms with Crippen molar-refractivity contribution in [3.8, 4) is 0 Å². The standard InChI is InChI=1S/C6H14S6/c1-3-5(7,8)11-12-6(9,10)4-2/h7-10H,3-4H2,1-2H3. The molecule has 0 heterocycles. The van der Waals surface area contributed by atoms with Crippen LogP contribution in [0.15, 0.2) is 0 Å². The minimum Gasteiger partial charge on any atom is -0.150 e. The molecule has 74 valence electrons. The molecule has 0 nitrogen and oxygen atoms in total. The normalized spacial score (nSPS) is 13.5. The number of thiol groups is 4. The Labute approximate surface area is 105 Å². The molecule has 0 rings (SSSR count). The third-order valence-corrected chi connectivity index (χ3v) is 8.22. The van der Waals surface area contributed by atoms with Gasteiger partial charge in [-0.3, -0.25) is 0 Å². The molecule has 0 aromatic rings. The van der Waals surface area contributed by atoms with Crippen molar-refractivity contribution in [2.75, 3.05) is 0 Å². The van der Waals surface area contributed by atoms with Gasteiger partial charge in [-0.25, -0.2) is 0 Å². The van der Waals surface area contributed by atoms with Crippen molar-refractivity contribution >= 4 is 72.1 Å². The van der Waals surface area contributed by atoms with Crippen molar-refractivity contribution in [1.82, 2.24) is 0 Å². The average molecular weight is 279 g/mol. The molecule has 0 saturated carbocycles. The Morgan fingerprint density at radius 3 is 1.25 bits per heavy atom. The van der Waals surface area contributed by atoms with Gasteiger partial charge in [-0.15, -0.1) is 0 Å². The van der Waals surface area contributed by atoms with Crippen LogP contribution < -0.4 is 0 Å². The highest BCUT2D eigenvalue weighted by Crippen LogP contribution is 2.53. The van der Waals surface area contributed by atoms with Crippen molar-refractivity contribution in [2.45, 2.75) is 33.5 Å². The molecule has 0 fully saturated rings. The van der Waals surface area contributed by atoms with E-state index in [0.29, 0.717) is 0 Å². The van der Waals surface area contributed by atoms with Gasteiger partial charge in [0.1, 0.15) is 6.82 Å². The van der Waals surface area contributed by atoms with Gasteiger partial charge in [-0.1, -0.05) is 35.4 Å². The molecule has 0 N–H and O–H groups in total. The van der Waals surface area contributed by atoms with Crippen molar-refractivity contribution in [3.63, 3.8) is 0 Å². The van der Waals surface area contributed by atoms with Crippen LogP contribution in [-0.2, 0) is 0 Å². The molecule has 12 heavy (non-hydrogen) atoms. The maximum Gasteiger partial charge on any atom is 0.111 e. The fourth-order valence-corrected chi connectivity index (χ4v) is 3.60. The monoisotopic (exact) mass is 278 g/mol. The van der Waals surface area contributed by atoms with E-state index in [4.69, 9.17) is 0 Å². The van der Waals surface area contributed by atoms with Crippen molar-refractivity contribution < 1.29 is 0 Å². The van der Waals surface area contributed by atoms with Gasteiger partial charge in [-0.05, 0) is 12.8 Å². The summed E-state index contributed by atoms with van der Waals surface area (Å²) in [5, 5.41) is 0. The molecule has 0 radical (unpaired) electrons. The van der Waals surface area contributed by atoms with Crippen LogP contribution in [0.2, 0.25) is 0 Å². The molecule has 0 saturated heterocycles.